The van der Waals surface area contributed by atoms with Gasteiger partial charge in [-0.15, -0.1) is 0 Å². The summed E-state index contributed by atoms with van der Waals surface area (Å²) >= 11 is 6.18. The molecule has 0 aliphatic heterocycles. The van der Waals surface area contributed by atoms with Crippen molar-refractivity contribution in [1.82, 2.24) is 5.32 Å². The van der Waals surface area contributed by atoms with E-state index in [0.29, 0.717) is 18.1 Å². The lowest BCUT2D eigenvalue weighted by Crippen LogP contribution is -2.52. The van der Waals surface area contributed by atoms with Crippen LogP contribution in [-0.4, -0.2) is 25.3 Å². The first kappa shape index (κ1) is 17.4. The molecule has 114 valence electrons. The molecule has 0 spiro atoms. The maximum Gasteiger partial charge on any atom is 0.123 e. The van der Waals surface area contributed by atoms with Gasteiger partial charge in [0.25, 0.3) is 0 Å². The molecule has 1 unspecified atom stereocenters. The summed E-state index contributed by atoms with van der Waals surface area (Å²) in [5.41, 5.74) is 0.566. The van der Waals surface area contributed by atoms with Crippen molar-refractivity contribution in [3.05, 3.63) is 34.6 Å². The van der Waals surface area contributed by atoms with Gasteiger partial charge in [0.15, 0.2) is 0 Å². The highest BCUT2D eigenvalue weighted by Gasteiger charge is 2.35. The molecule has 0 radical (unpaired) electrons. The molecule has 0 aliphatic rings. The van der Waals surface area contributed by atoms with Crippen molar-refractivity contribution in [3.8, 4) is 0 Å². The number of ether oxygens (including phenoxy) is 1. The zero-order valence-corrected chi connectivity index (χ0v) is 13.6. The fourth-order valence-corrected chi connectivity index (χ4v) is 3.00. The topological polar surface area (TPSA) is 21.3 Å². The summed E-state index contributed by atoms with van der Waals surface area (Å²) in [4.78, 5) is 0. The van der Waals surface area contributed by atoms with Crippen molar-refractivity contribution < 1.29 is 9.13 Å². The van der Waals surface area contributed by atoms with Crippen LogP contribution in [0.3, 0.4) is 0 Å². The molecule has 0 saturated carbocycles. The zero-order chi connectivity index (χ0) is 15.2. The smallest absolute Gasteiger partial charge is 0.123 e. The van der Waals surface area contributed by atoms with Crippen molar-refractivity contribution in [2.75, 3.05) is 13.7 Å². The molecule has 0 fully saturated rings. The third kappa shape index (κ3) is 3.94. The highest BCUT2D eigenvalue weighted by Crippen LogP contribution is 2.29. The van der Waals surface area contributed by atoms with E-state index in [4.69, 9.17) is 16.3 Å². The van der Waals surface area contributed by atoms with E-state index in [1.54, 1.807) is 6.07 Å². The summed E-state index contributed by atoms with van der Waals surface area (Å²) in [5, 5.41) is 3.92. The van der Waals surface area contributed by atoms with Crippen molar-refractivity contribution in [2.45, 2.75) is 51.7 Å². The van der Waals surface area contributed by atoms with E-state index in [2.05, 4.69) is 19.2 Å². The average molecular weight is 302 g/mol. The molecule has 0 aliphatic carbocycles. The Morgan fingerprint density at radius 1 is 1.30 bits per heavy atom. The minimum atomic E-state index is -0.255. The van der Waals surface area contributed by atoms with Gasteiger partial charge in [0.05, 0.1) is 5.60 Å². The number of nitrogens with one attached hydrogen (secondary N) is 1. The van der Waals surface area contributed by atoms with E-state index in [1.807, 2.05) is 14.0 Å². The Bertz CT molecular complexity index is 421. The van der Waals surface area contributed by atoms with Crippen LogP contribution in [0.4, 0.5) is 4.39 Å². The van der Waals surface area contributed by atoms with Crippen LogP contribution in [0.1, 0.15) is 39.2 Å². The number of rotatable bonds is 8. The summed E-state index contributed by atoms with van der Waals surface area (Å²) in [6.07, 6.45) is 2.44. The van der Waals surface area contributed by atoms with E-state index in [0.717, 1.165) is 18.4 Å². The predicted molar refractivity (Wildman–Crippen MR) is 82.9 cm³/mol. The Hall–Kier alpha value is -0.640. The van der Waals surface area contributed by atoms with Gasteiger partial charge in [0.2, 0.25) is 0 Å². The van der Waals surface area contributed by atoms with Crippen LogP contribution in [0, 0.1) is 5.82 Å². The molecule has 0 saturated heterocycles. The van der Waals surface area contributed by atoms with E-state index >= 15 is 0 Å². The summed E-state index contributed by atoms with van der Waals surface area (Å²) in [7, 11) is 1.91. The molecule has 0 bridgehead atoms. The second-order valence-electron chi connectivity index (χ2n) is 4.99. The summed E-state index contributed by atoms with van der Waals surface area (Å²) in [5.74, 6) is -0.255. The molecule has 0 aromatic heterocycles. The Morgan fingerprint density at radius 2 is 1.95 bits per heavy atom. The molecule has 0 heterocycles. The molecule has 4 heteroatoms. The number of likely N-dealkylation sites (N-methyl/N-ethyl adjacent to an activating group) is 1. The van der Waals surface area contributed by atoms with Crippen LogP contribution in [0.25, 0.3) is 0 Å². The van der Waals surface area contributed by atoms with Crippen LogP contribution in [0.15, 0.2) is 18.2 Å². The minimum absolute atomic E-state index is 0.0942. The van der Waals surface area contributed by atoms with Gasteiger partial charge < -0.3 is 10.1 Å². The van der Waals surface area contributed by atoms with Gasteiger partial charge >= 0.3 is 0 Å². The van der Waals surface area contributed by atoms with Crippen molar-refractivity contribution in [3.63, 3.8) is 0 Å². The van der Waals surface area contributed by atoms with Gasteiger partial charge in [-0.1, -0.05) is 25.4 Å². The molecule has 1 aromatic carbocycles. The highest BCUT2D eigenvalue weighted by molar-refractivity contribution is 6.31. The largest absolute Gasteiger partial charge is 0.374 e. The monoisotopic (exact) mass is 301 g/mol. The summed E-state index contributed by atoms with van der Waals surface area (Å²) in [6.45, 7) is 6.91. The normalized spacial score (nSPS) is 13.5. The van der Waals surface area contributed by atoms with Gasteiger partial charge in [-0.2, -0.15) is 0 Å². The van der Waals surface area contributed by atoms with E-state index in [1.165, 1.54) is 12.1 Å². The average Bonchev–Trinajstić information content (AvgIpc) is 2.46. The lowest BCUT2D eigenvalue weighted by molar-refractivity contribution is -0.0703. The van der Waals surface area contributed by atoms with E-state index in [9.17, 15) is 4.39 Å². The van der Waals surface area contributed by atoms with Gasteiger partial charge in [-0.25, -0.2) is 4.39 Å². The zero-order valence-electron chi connectivity index (χ0n) is 12.8. The molecular weight excluding hydrogens is 277 g/mol. The van der Waals surface area contributed by atoms with Crippen molar-refractivity contribution >= 4 is 11.6 Å². The fraction of sp³-hybridized carbons (Fsp3) is 0.625. The maximum atomic E-state index is 13.4. The van der Waals surface area contributed by atoms with Crippen LogP contribution < -0.4 is 5.32 Å². The SMILES string of the molecule is CCOC(CC)(CC)C(Cc1cc(F)ccc1Cl)NC. The highest BCUT2D eigenvalue weighted by atomic mass is 35.5. The first-order chi connectivity index (χ1) is 9.52. The van der Waals surface area contributed by atoms with Crippen LogP contribution in [0.5, 0.6) is 0 Å². The third-order valence-electron chi connectivity index (χ3n) is 4.04. The Labute approximate surface area is 126 Å². The Kier molecular flexibility index (Phi) is 6.93. The minimum Gasteiger partial charge on any atom is -0.374 e. The number of halogens is 2. The molecule has 1 aromatic rings. The lowest BCUT2D eigenvalue weighted by Gasteiger charge is -2.39. The van der Waals surface area contributed by atoms with Gasteiger partial charge in [-0.3, -0.25) is 0 Å². The van der Waals surface area contributed by atoms with Gasteiger partial charge in [-0.05, 0) is 57.0 Å². The molecule has 0 amide bonds. The first-order valence-electron chi connectivity index (χ1n) is 7.28. The third-order valence-corrected chi connectivity index (χ3v) is 4.41. The molecule has 1 atom stereocenters. The number of hydrogen-bond acceptors (Lipinski definition) is 2. The molecule has 20 heavy (non-hydrogen) atoms. The van der Waals surface area contributed by atoms with Crippen LogP contribution in [-0.2, 0) is 11.2 Å². The molecule has 1 rings (SSSR count). The predicted octanol–water partition coefficient (Wildman–Crippen LogP) is 4.20. The lowest BCUT2D eigenvalue weighted by atomic mass is 9.84. The number of benzene rings is 1. The van der Waals surface area contributed by atoms with Gasteiger partial charge in [0.1, 0.15) is 5.82 Å². The van der Waals surface area contributed by atoms with E-state index < -0.39 is 0 Å². The summed E-state index contributed by atoms with van der Waals surface area (Å²) < 4.78 is 19.4. The van der Waals surface area contributed by atoms with Crippen molar-refractivity contribution in [1.29, 1.82) is 0 Å². The summed E-state index contributed by atoms with van der Waals surface area (Å²) in [6, 6.07) is 4.60. The molecule has 1 N–H and O–H groups in total. The van der Waals surface area contributed by atoms with Crippen molar-refractivity contribution in [2.24, 2.45) is 0 Å². The second kappa shape index (κ2) is 7.96. The quantitative estimate of drug-likeness (QED) is 0.777. The fourth-order valence-electron chi connectivity index (χ4n) is 2.81. The van der Waals surface area contributed by atoms with Crippen LogP contribution in [0.2, 0.25) is 5.02 Å². The van der Waals surface area contributed by atoms with Gasteiger partial charge in [0, 0.05) is 17.7 Å². The standard InChI is InChI=1S/C16H25ClFNO/c1-5-16(6-2,20-7-3)15(19-4)11-12-10-13(18)8-9-14(12)17/h8-10,15,19H,5-7,11H2,1-4H3. The molecular formula is C16H25ClFNO. The second-order valence-corrected chi connectivity index (χ2v) is 5.39. The number of hydrogen-bond donors (Lipinski definition) is 1. The molecule has 2 nitrogen and oxygen atoms in total. The van der Waals surface area contributed by atoms with E-state index in [-0.39, 0.29) is 17.5 Å². The first-order valence-corrected chi connectivity index (χ1v) is 7.65. The Balaban J connectivity index is 3.02. The van der Waals surface area contributed by atoms with Crippen LogP contribution >= 0.6 is 11.6 Å². The Morgan fingerprint density at radius 3 is 2.45 bits per heavy atom. The maximum absolute atomic E-state index is 13.4.